The third kappa shape index (κ3) is 4.20. The lowest BCUT2D eigenvalue weighted by Crippen LogP contribution is -2.30. The molecule has 0 aliphatic carbocycles. The zero-order valence-corrected chi connectivity index (χ0v) is 13.1. The van der Waals surface area contributed by atoms with Gasteiger partial charge < -0.3 is 9.73 Å². The molecule has 2 rings (SSSR count). The number of likely N-dealkylation sites (N-methyl/N-ethyl adjacent to an activating group) is 1. The van der Waals surface area contributed by atoms with Crippen LogP contribution in [0, 0.1) is 20.8 Å². The van der Waals surface area contributed by atoms with Gasteiger partial charge in [-0.05, 0) is 57.1 Å². The maximum atomic E-state index is 12.1. The molecule has 2 aromatic rings. The molecule has 1 heterocycles. The third-order valence-electron chi connectivity index (χ3n) is 3.51. The van der Waals surface area contributed by atoms with Gasteiger partial charge in [0, 0.05) is 5.69 Å². The van der Waals surface area contributed by atoms with E-state index in [-0.39, 0.29) is 5.91 Å². The van der Waals surface area contributed by atoms with Gasteiger partial charge in [-0.2, -0.15) is 0 Å². The summed E-state index contributed by atoms with van der Waals surface area (Å²) >= 11 is 0. The van der Waals surface area contributed by atoms with Crippen LogP contribution in [0.4, 0.5) is 5.69 Å². The Hall–Kier alpha value is -2.07. The zero-order valence-electron chi connectivity index (χ0n) is 13.1. The molecular weight excluding hydrogens is 264 g/mol. The zero-order chi connectivity index (χ0) is 15.4. The number of hydrogen-bond acceptors (Lipinski definition) is 3. The summed E-state index contributed by atoms with van der Waals surface area (Å²) in [5.41, 5.74) is 3.16. The second-order valence-corrected chi connectivity index (χ2v) is 5.48. The number of nitrogens with zero attached hydrogens (tertiary/aromatic N) is 1. The summed E-state index contributed by atoms with van der Waals surface area (Å²) in [6, 6.07) is 9.79. The average molecular weight is 286 g/mol. The van der Waals surface area contributed by atoms with Crippen molar-refractivity contribution < 1.29 is 9.21 Å². The molecule has 112 valence electrons. The maximum absolute atomic E-state index is 12.1. The lowest BCUT2D eigenvalue weighted by atomic mass is 10.1. The monoisotopic (exact) mass is 286 g/mol. The minimum absolute atomic E-state index is 0.0190. The number of carbonyl (C=O) groups is 1. The van der Waals surface area contributed by atoms with Crippen LogP contribution in [0.2, 0.25) is 0 Å². The molecule has 1 aromatic heterocycles. The number of furan rings is 1. The summed E-state index contributed by atoms with van der Waals surface area (Å²) in [5.74, 6) is 1.74. The topological polar surface area (TPSA) is 45.5 Å². The first-order chi connectivity index (χ1) is 9.95. The maximum Gasteiger partial charge on any atom is 0.238 e. The molecule has 0 radical (unpaired) electrons. The predicted molar refractivity (Wildman–Crippen MR) is 84.3 cm³/mol. The summed E-state index contributed by atoms with van der Waals surface area (Å²) in [4.78, 5) is 14.0. The molecule has 4 nitrogen and oxygen atoms in total. The van der Waals surface area contributed by atoms with E-state index >= 15 is 0 Å². The Balaban J connectivity index is 1.90. The molecule has 0 fully saturated rings. The van der Waals surface area contributed by atoms with Crippen LogP contribution in [0.5, 0.6) is 0 Å². The molecule has 21 heavy (non-hydrogen) atoms. The quantitative estimate of drug-likeness (QED) is 0.917. The van der Waals surface area contributed by atoms with Gasteiger partial charge in [0.1, 0.15) is 11.5 Å². The fourth-order valence-corrected chi connectivity index (χ4v) is 2.21. The van der Waals surface area contributed by atoms with E-state index < -0.39 is 0 Å². The molecule has 0 saturated heterocycles. The minimum Gasteiger partial charge on any atom is -0.465 e. The standard InChI is InChI=1S/C17H22N2O2/c1-12-6-5-7-16(14(12)3)18-17(20)11-19(4)10-15-9-8-13(2)21-15/h5-9H,10-11H2,1-4H3,(H,18,20). The number of rotatable bonds is 5. The molecular formula is C17H22N2O2. The first-order valence-corrected chi connectivity index (χ1v) is 7.05. The van der Waals surface area contributed by atoms with Crippen molar-refractivity contribution in [3.05, 3.63) is 53.0 Å². The van der Waals surface area contributed by atoms with Gasteiger partial charge in [0.2, 0.25) is 5.91 Å². The highest BCUT2D eigenvalue weighted by Crippen LogP contribution is 2.18. The fourth-order valence-electron chi connectivity index (χ4n) is 2.21. The van der Waals surface area contributed by atoms with E-state index in [1.165, 1.54) is 5.56 Å². The Labute approximate surface area is 125 Å². The van der Waals surface area contributed by atoms with Gasteiger partial charge in [0.15, 0.2) is 0 Å². The summed E-state index contributed by atoms with van der Waals surface area (Å²) in [7, 11) is 1.90. The Bertz CT molecular complexity index is 631. The van der Waals surface area contributed by atoms with E-state index in [4.69, 9.17) is 4.42 Å². The summed E-state index contributed by atoms with van der Waals surface area (Å²) < 4.78 is 5.52. The normalized spacial score (nSPS) is 10.9. The first-order valence-electron chi connectivity index (χ1n) is 7.05. The molecule has 1 amide bonds. The number of aryl methyl sites for hydroxylation is 2. The van der Waals surface area contributed by atoms with Crippen molar-refractivity contribution in [2.24, 2.45) is 0 Å². The van der Waals surface area contributed by atoms with Crippen molar-refractivity contribution in [1.82, 2.24) is 4.90 Å². The van der Waals surface area contributed by atoms with E-state index in [0.717, 1.165) is 22.8 Å². The van der Waals surface area contributed by atoms with Crippen LogP contribution in [0.3, 0.4) is 0 Å². The van der Waals surface area contributed by atoms with E-state index in [1.807, 2.05) is 63.1 Å². The van der Waals surface area contributed by atoms with E-state index in [2.05, 4.69) is 5.32 Å². The van der Waals surface area contributed by atoms with Gasteiger partial charge >= 0.3 is 0 Å². The Morgan fingerprint density at radius 2 is 1.95 bits per heavy atom. The summed E-state index contributed by atoms with van der Waals surface area (Å²) in [6.45, 7) is 6.91. The van der Waals surface area contributed by atoms with Crippen LogP contribution in [0.15, 0.2) is 34.7 Å². The van der Waals surface area contributed by atoms with Crippen LogP contribution in [0.1, 0.15) is 22.6 Å². The van der Waals surface area contributed by atoms with Gasteiger partial charge in [-0.1, -0.05) is 12.1 Å². The van der Waals surface area contributed by atoms with Crippen LogP contribution in [-0.4, -0.2) is 24.4 Å². The SMILES string of the molecule is Cc1ccc(CN(C)CC(=O)Nc2cccc(C)c2C)o1. The number of anilines is 1. The van der Waals surface area contributed by atoms with Crippen molar-refractivity contribution in [1.29, 1.82) is 0 Å². The van der Waals surface area contributed by atoms with Gasteiger partial charge in [-0.25, -0.2) is 0 Å². The molecule has 1 N–H and O–H groups in total. The lowest BCUT2D eigenvalue weighted by molar-refractivity contribution is -0.117. The van der Waals surface area contributed by atoms with Crippen LogP contribution in [-0.2, 0) is 11.3 Å². The van der Waals surface area contributed by atoms with E-state index in [0.29, 0.717) is 13.1 Å². The van der Waals surface area contributed by atoms with Crippen LogP contribution in [0.25, 0.3) is 0 Å². The molecule has 0 saturated carbocycles. The molecule has 1 aromatic carbocycles. The Morgan fingerprint density at radius 1 is 1.19 bits per heavy atom. The molecule has 0 atom stereocenters. The summed E-state index contributed by atoms with van der Waals surface area (Å²) in [6.07, 6.45) is 0. The van der Waals surface area contributed by atoms with Crippen molar-refractivity contribution in [2.75, 3.05) is 18.9 Å². The van der Waals surface area contributed by atoms with Crippen molar-refractivity contribution >= 4 is 11.6 Å². The van der Waals surface area contributed by atoms with E-state index in [9.17, 15) is 4.79 Å². The highest BCUT2D eigenvalue weighted by molar-refractivity contribution is 5.93. The Morgan fingerprint density at radius 3 is 2.62 bits per heavy atom. The van der Waals surface area contributed by atoms with Gasteiger partial charge in [0.05, 0.1) is 13.1 Å². The second kappa shape index (κ2) is 6.59. The molecule has 0 aliphatic heterocycles. The first kappa shape index (κ1) is 15.3. The smallest absolute Gasteiger partial charge is 0.238 e. The fraction of sp³-hybridized carbons (Fsp3) is 0.353. The van der Waals surface area contributed by atoms with Gasteiger partial charge in [-0.15, -0.1) is 0 Å². The summed E-state index contributed by atoms with van der Waals surface area (Å²) in [5, 5.41) is 2.96. The minimum atomic E-state index is -0.0190. The molecule has 0 bridgehead atoms. The number of amides is 1. The van der Waals surface area contributed by atoms with Crippen molar-refractivity contribution in [2.45, 2.75) is 27.3 Å². The average Bonchev–Trinajstić information content (AvgIpc) is 2.80. The van der Waals surface area contributed by atoms with Gasteiger partial charge in [-0.3, -0.25) is 9.69 Å². The van der Waals surface area contributed by atoms with E-state index in [1.54, 1.807) is 0 Å². The highest BCUT2D eigenvalue weighted by atomic mass is 16.3. The molecule has 0 unspecified atom stereocenters. The van der Waals surface area contributed by atoms with Gasteiger partial charge in [0.25, 0.3) is 0 Å². The number of hydrogen-bond donors (Lipinski definition) is 1. The largest absolute Gasteiger partial charge is 0.465 e. The van der Waals surface area contributed by atoms with Crippen molar-refractivity contribution in [3.63, 3.8) is 0 Å². The van der Waals surface area contributed by atoms with Crippen LogP contribution >= 0.6 is 0 Å². The highest BCUT2D eigenvalue weighted by Gasteiger charge is 2.10. The lowest BCUT2D eigenvalue weighted by Gasteiger charge is -2.16. The number of benzene rings is 1. The number of carbonyl (C=O) groups excluding carboxylic acids is 1. The van der Waals surface area contributed by atoms with Crippen molar-refractivity contribution in [3.8, 4) is 0 Å². The molecule has 0 spiro atoms. The predicted octanol–water partition coefficient (Wildman–Crippen LogP) is 3.28. The number of nitrogens with one attached hydrogen (secondary N) is 1. The molecule has 0 aliphatic rings. The third-order valence-corrected chi connectivity index (χ3v) is 3.51. The van der Waals surface area contributed by atoms with Crippen LogP contribution < -0.4 is 5.32 Å². The Kier molecular flexibility index (Phi) is 4.81. The second-order valence-electron chi connectivity index (χ2n) is 5.48. The molecule has 4 heteroatoms.